The van der Waals surface area contributed by atoms with E-state index in [0.29, 0.717) is 6.04 Å². The largest absolute Gasteiger partial charge is 0.327 e. The molecule has 19 heavy (non-hydrogen) atoms. The monoisotopic (exact) mass is 256 g/mol. The summed E-state index contributed by atoms with van der Waals surface area (Å²) in [4.78, 5) is 2.57. The third kappa shape index (κ3) is 3.07. The lowest BCUT2D eigenvalue weighted by atomic mass is 9.78. The van der Waals surface area contributed by atoms with Crippen LogP contribution in [0.25, 0.3) is 6.08 Å². The Morgan fingerprint density at radius 1 is 1.16 bits per heavy atom. The lowest BCUT2D eigenvalue weighted by molar-refractivity contribution is 0.259. The molecule has 2 N–H and O–H groups in total. The van der Waals surface area contributed by atoms with Crippen molar-refractivity contribution in [3.05, 3.63) is 42.0 Å². The maximum Gasteiger partial charge on any atom is 0.0166 e. The van der Waals surface area contributed by atoms with Crippen molar-refractivity contribution in [3.63, 3.8) is 0 Å². The highest BCUT2D eigenvalue weighted by Gasteiger charge is 2.37. The molecule has 1 saturated heterocycles. The van der Waals surface area contributed by atoms with Gasteiger partial charge in [-0.25, -0.2) is 0 Å². The summed E-state index contributed by atoms with van der Waals surface area (Å²) in [5.74, 6) is 1.60. The number of benzene rings is 1. The Morgan fingerprint density at radius 2 is 2.00 bits per heavy atom. The summed E-state index contributed by atoms with van der Waals surface area (Å²) >= 11 is 0. The normalized spacial score (nSPS) is 31.7. The van der Waals surface area contributed by atoms with Crippen LogP contribution in [0.3, 0.4) is 0 Å². The zero-order valence-electron chi connectivity index (χ0n) is 11.5. The van der Waals surface area contributed by atoms with Gasteiger partial charge < -0.3 is 5.73 Å². The zero-order chi connectivity index (χ0) is 13.1. The van der Waals surface area contributed by atoms with Crippen molar-refractivity contribution >= 4 is 6.08 Å². The SMILES string of the molecule is NC1CCCC2CN(C/C=C/c3ccccc3)CC12. The molecule has 1 heterocycles. The molecule has 2 nitrogen and oxygen atoms in total. The average Bonchev–Trinajstić information content (AvgIpc) is 2.84. The smallest absolute Gasteiger partial charge is 0.0166 e. The molecule has 2 aliphatic rings. The van der Waals surface area contributed by atoms with E-state index in [-0.39, 0.29) is 0 Å². The molecule has 1 aromatic carbocycles. The predicted octanol–water partition coefficient (Wildman–Crippen LogP) is 2.76. The summed E-state index contributed by atoms with van der Waals surface area (Å²) in [7, 11) is 0. The molecule has 0 radical (unpaired) electrons. The van der Waals surface area contributed by atoms with Crippen molar-refractivity contribution in [2.75, 3.05) is 19.6 Å². The van der Waals surface area contributed by atoms with E-state index in [2.05, 4.69) is 47.4 Å². The summed E-state index contributed by atoms with van der Waals surface area (Å²) in [5, 5.41) is 0. The van der Waals surface area contributed by atoms with Crippen LogP contribution in [0, 0.1) is 11.8 Å². The molecule has 1 aliphatic carbocycles. The molecule has 102 valence electrons. The second-order valence-electron chi connectivity index (χ2n) is 6.05. The summed E-state index contributed by atoms with van der Waals surface area (Å²) < 4.78 is 0. The Kier molecular flexibility index (Phi) is 4.00. The van der Waals surface area contributed by atoms with Crippen LogP contribution in [0.1, 0.15) is 24.8 Å². The first-order valence-corrected chi connectivity index (χ1v) is 7.52. The molecule has 2 heteroatoms. The molecule has 1 saturated carbocycles. The summed E-state index contributed by atoms with van der Waals surface area (Å²) in [5.41, 5.74) is 7.54. The van der Waals surface area contributed by atoms with E-state index in [1.54, 1.807) is 0 Å². The van der Waals surface area contributed by atoms with Crippen molar-refractivity contribution in [1.82, 2.24) is 4.90 Å². The number of hydrogen-bond donors (Lipinski definition) is 1. The van der Waals surface area contributed by atoms with Crippen LogP contribution in [-0.4, -0.2) is 30.6 Å². The molecule has 3 atom stereocenters. The highest BCUT2D eigenvalue weighted by atomic mass is 15.2. The summed E-state index contributed by atoms with van der Waals surface area (Å²) in [6.45, 7) is 3.51. The van der Waals surface area contributed by atoms with Crippen molar-refractivity contribution in [3.8, 4) is 0 Å². The molecule has 1 aromatic rings. The number of likely N-dealkylation sites (tertiary alicyclic amines) is 1. The predicted molar refractivity (Wildman–Crippen MR) is 80.7 cm³/mol. The van der Waals surface area contributed by atoms with Gasteiger partial charge in [0, 0.05) is 25.7 Å². The molecule has 2 fully saturated rings. The maximum atomic E-state index is 6.26. The van der Waals surface area contributed by atoms with Crippen LogP contribution >= 0.6 is 0 Å². The van der Waals surface area contributed by atoms with Gasteiger partial charge in [-0.05, 0) is 30.2 Å². The first kappa shape index (κ1) is 12.9. The number of nitrogens with two attached hydrogens (primary N) is 1. The zero-order valence-corrected chi connectivity index (χ0v) is 11.5. The number of hydrogen-bond acceptors (Lipinski definition) is 2. The average molecular weight is 256 g/mol. The fraction of sp³-hybridized carbons (Fsp3) is 0.529. The van der Waals surface area contributed by atoms with Crippen LogP contribution in [-0.2, 0) is 0 Å². The van der Waals surface area contributed by atoms with Crippen LogP contribution in [0.5, 0.6) is 0 Å². The van der Waals surface area contributed by atoms with Crippen molar-refractivity contribution in [2.24, 2.45) is 17.6 Å². The molecular weight excluding hydrogens is 232 g/mol. The van der Waals surface area contributed by atoms with Gasteiger partial charge in [0.2, 0.25) is 0 Å². The minimum atomic E-state index is 0.446. The highest BCUT2D eigenvalue weighted by molar-refractivity contribution is 5.48. The van der Waals surface area contributed by atoms with Gasteiger partial charge in [-0.1, -0.05) is 48.9 Å². The quantitative estimate of drug-likeness (QED) is 0.901. The maximum absolute atomic E-state index is 6.26. The lowest BCUT2D eigenvalue weighted by Gasteiger charge is -2.29. The Hall–Kier alpha value is -1.12. The minimum Gasteiger partial charge on any atom is -0.327 e. The second-order valence-corrected chi connectivity index (χ2v) is 6.05. The summed E-state index contributed by atoms with van der Waals surface area (Å²) in [6.07, 6.45) is 8.46. The lowest BCUT2D eigenvalue weighted by Crippen LogP contribution is -2.38. The fourth-order valence-electron chi connectivity index (χ4n) is 3.66. The number of fused-ring (bicyclic) bond motifs is 1. The Bertz CT molecular complexity index is 426. The van der Waals surface area contributed by atoms with Crippen LogP contribution in [0.2, 0.25) is 0 Å². The Balaban J connectivity index is 1.53. The van der Waals surface area contributed by atoms with Gasteiger partial charge >= 0.3 is 0 Å². The van der Waals surface area contributed by atoms with E-state index in [1.165, 1.54) is 37.9 Å². The van der Waals surface area contributed by atoms with Crippen LogP contribution in [0.4, 0.5) is 0 Å². The van der Waals surface area contributed by atoms with Crippen molar-refractivity contribution in [1.29, 1.82) is 0 Å². The molecule has 0 amide bonds. The van der Waals surface area contributed by atoms with E-state index in [9.17, 15) is 0 Å². The second kappa shape index (κ2) is 5.89. The van der Waals surface area contributed by atoms with Crippen LogP contribution in [0.15, 0.2) is 36.4 Å². The standard InChI is InChI=1S/C17H24N2/c18-17-10-4-9-15-12-19(13-16(15)17)11-5-8-14-6-2-1-3-7-14/h1-3,5-8,15-17H,4,9-13,18H2/b8-5+. The van der Waals surface area contributed by atoms with E-state index < -0.39 is 0 Å². The first-order valence-electron chi connectivity index (χ1n) is 7.52. The van der Waals surface area contributed by atoms with Crippen molar-refractivity contribution < 1.29 is 0 Å². The van der Waals surface area contributed by atoms with Crippen molar-refractivity contribution in [2.45, 2.75) is 25.3 Å². The third-order valence-electron chi connectivity index (χ3n) is 4.70. The van der Waals surface area contributed by atoms with Gasteiger partial charge in [0.1, 0.15) is 0 Å². The Labute approximate surface area is 116 Å². The Morgan fingerprint density at radius 3 is 2.79 bits per heavy atom. The van der Waals surface area contributed by atoms with Gasteiger partial charge in [-0.3, -0.25) is 4.90 Å². The third-order valence-corrected chi connectivity index (χ3v) is 4.70. The van der Waals surface area contributed by atoms with E-state index in [0.717, 1.165) is 18.4 Å². The molecule has 0 aromatic heterocycles. The molecular formula is C17H24N2. The number of nitrogens with zero attached hydrogens (tertiary/aromatic N) is 1. The molecule has 1 aliphatic heterocycles. The minimum absolute atomic E-state index is 0.446. The summed E-state index contributed by atoms with van der Waals surface area (Å²) in [6, 6.07) is 11.0. The van der Waals surface area contributed by atoms with Gasteiger partial charge in [0.15, 0.2) is 0 Å². The van der Waals surface area contributed by atoms with E-state index >= 15 is 0 Å². The number of rotatable bonds is 3. The first-order chi connectivity index (χ1) is 9.33. The van der Waals surface area contributed by atoms with Gasteiger partial charge in [0.25, 0.3) is 0 Å². The fourth-order valence-corrected chi connectivity index (χ4v) is 3.66. The topological polar surface area (TPSA) is 29.3 Å². The van der Waals surface area contributed by atoms with E-state index in [4.69, 9.17) is 5.73 Å². The van der Waals surface area contributed by atoms with Crippen LogP contribution < -0.4 is 5.73 Å². The molecule has 3 unspecified atom stereocenters. The highest BCUT2D eigenvalue weighted by Crippen LogP contribution is 2.35. The molecule has 0 spiro atoms. The van der Waals surface area contributed by atoms with Gasteiger partial charge in [-0.15, -0.1) is 0 Å². The van der Waals surface area contributed by atoms with E-state index in [1.807, 2.05) is 0 Å². The van der Waals surface area contributed by atoms with Gasteiger partial charge in [0.05, 0.1) is 0 Å². The molecule has 3 rings (SSSR count). The van der Waals surface area contributed by atoms with Gasteiger partial charge in [-0.2, -0.15) is 0 Å². The molecule has 0 bridgehead atoms.